The van der Waals surface area contributed by atoms with Crippen molar-refractivity contribution < 1.29 is 0 Å². The van der Waals surface area contributed by atoms with Crippen molar-refractivity contribution in [1.82, 2.24) is 0 Å². The van der Waals surface area contributed by atoms with E-state index in [1.165, 1.54) is 17.5 Å². The van der Waals surface area contributed by atoms with E-state index < -0.39 is 0 Å². The van der Waals surface area contributed by atoms with Crippen molar-refractivity contribution in [3.05, 3.63) is 35.4 Å². The SMILES string of the molecule is N/N=C1/CCCc2ccccc21. The molecule has 0 bridgehead atoms. The second kappa shape index (κ2) is 2.97. The third-order valence-electron chi connectivity index (χ3n) is 2.34. The number of aryl methyl sites for hydroxylation is 1. The molecular weight excluding hydrogens is 148 g/mol. The van der Waals surface area contributed by atoms with Crippen molar-refractivity contribution in [2.75, 3.05) is 0 Å². The van der Waals surface area contributed by atoms with Crippen LogP contribution in [0.4, 0.5) is 0 Å². The van der Waals surface area contributed by atoms with Gasteiger partial charge in [-0.25, -0.2) is 0 Å². The molecule has 2 heteroatoms. The van der Waals surface area contributed by atoms with Gasteiger partial charge >= 0.3 is 0 Å². The van der Waals surface area contributed by atoms with Gasteiger partial charge in [0.2, 0.25) is 0 Å². The first-order valence-electron chi connectivity index (χ1n) is 4.27. The molecule has 1 aliphatic carbocycles. The minimum atomic E-state index is 1.02. The number of nitrogens with two attached hydrogens (primary N) is 1. The van der Waals surface area contributed by atoms with E-state index >= 15 is 0 Å². The van der Waals surface area contributed by atoms with Crippen LogP contribution in [0.15, 0.2) is 29.4 Å². The highest BCUT2D eigenvalue weighted by atomic mass is 15.1. The van der Waals surface area contributed by atoms with Gasteiger partial charge in [-0.15, -0.1) is 0 Å². The molecule has 1 aromatic carbocycles. The fourth-order valence-corrected chi connectivity index (χ4v) is 1.73. The van der Waals surface area contributed by atoms with Gasteiger partial charge < -0.3 is 5.84 Å². The molecule has 0 aromatic heterocycles. The van der Waals surface area contributed by atoms with Gasteiger partial charge in [0.05, 0.1) is 5.71 Å². The Morgan fingerprint density at radius 3 is 2.83 bits per heavy atom. The highest BCUT2D eigenvalue weighted by molar-refractivity contribution is 6.02. The van der Waals surface area contributed by atoms with Crippen molar-refractivity contribution >= 4 is 5.71 Å². The molecule has 0 aliphatic heterocycles. The molecule has 0 atom stereocenters. The Hall–Kier alpha value is -1.31. The Morgan fingerprint density at radius 2 is 2.00 bits per heavy atom. The maximum Gasteiger partial charge on any atom is 0.0675 e. The summed E-state index contributed by atoms with van der Waals surface area (Å²) in [6.45, 7) is 0. The van der Waals surface area contributed by atoms with Crippen molar-refractivity contribution in [3.8, 4) is 0 Å². The summed E-state index contributed by atoms with van der Waals surface area (Å²) in [4.78, 5) is 0. The smallest absolute Gasteiger partial charge is 0.0675 e. The number of hydrazone groups is 1. The van der Waals surface area contributed by atoms with Crippen molar-refractivity contribution in [2.24, 2.45) is 10.9 Å². The zero-order valence-corrected chi connectivity index (χ0v) is 6.96. The highest BCUT2D eigenvalue weighted by Gasteiger charge is 2.13. The molecule has 1 aliphatic rings. The van der Waals surface area contributed by atoms with Crippen LogP contribution in [0, 0.1) is 0 Å². The number of rotatable bonds is 0. The molecule has 0 unspecified atom stereocenters. The van der Waals surface area contributed by atoms with E-state index in [-0.39, 0.29) is 0 Å². The molecule has 12 heavy (non-hydrogen) atoms. The molecule has 0 amide bonds. The van der Waals surface area contributed by atoms with Gasteiger partial charge in [0.25, 0.3) is 0 Å². The molecule has 0 spiro atoms. The molecule has 0 saturated heterocycles. The van der Waals surface area contributed by atoms with Crippen LogP contribution in [0.25, 0.3) is 0 Å². The van der Waals surface area contributed by atoms with Crippen LogP contribution in [0.5, 0.6) is 0 Å². The number of fused-ring (bicyclic) bond motifs is 1. The predicted molar refractivity (Wildman–Crippen MR) is 50.1 cm³/mol. The first-order valence-corrected chi connectivity index (χ1v) is 4.27. The second-order valence-corrected chi connectivity index (χ2v) is 3.09. The fraction of sp³-hybridized carbons (Fsp3) is 0.300. The van der Waals surface area contributed by atoms with Gasteiger partial charge in [-0.3, -0.25) is 0 Å². The van der Waals surface area contributed by atoms with Gasteiger partial charge in [-0.2, -0.15) is 5.10 Å². The van der Waals surface area contributed by atoms with Crippen LogP contribution in [-0.2, 0) is 6.42 Å². The van der Waals surface area contributed by atoms with E-state index in [1.807, 2.05) is 6.07 Å². The van der Waals surface area contributed by atoms with Crippen molar-refractivity contribution in [1.29, 1.82) is 0 Å². The summed E-state index contributed by atoms with van der Waals surface area (Å²) in [5.74, 6) is 5.31. The van der Waals surface area contributed by atoms with Gasteiger partial charge in [0, 0.05) is 5.56 Å². The Kier molecular flexibility index (Phi) is 1.82. The van der Waals surface area contributed by atoms with E-state index in [0.29, 0.717) is 0 Å². The third-order valence-corrected chi connectivity index (χ3v) is 2.34. The lowest BCUT2D eigenvalue weighted by molar-refractivity contribution is 0.835. The predicted octanol–water partition coefficient (Wildman–Crippen LogP) is 1.69. The van der Waals surface area contributed by atoms with E-state index in [2.05, 4.69) is 23.3 Å². The van der Waals surface area contributed by atoms with Crippen molar-refractivity contribution in [2.45, 2.75) is 19.3 Å². The van der Waals surface area contributed by atoms with Gasteiger partial charge in [-0.1, -0.05) is 24.3 Å². The molecule has 0 saturated carbocycles. The molecule has 0 fully saturated rings. The van der Waals surface area contributed by atoms with Crippen LogP contribution < -0.4 is 5.84 Å². The monoisotopic (exact) mass is 160 g/mol. The molecule has 0 radical (unpaired) electrons. The Morgan fingerprint density at radius 1 is 1.17 bits per heavy atom. The van der Waals surface area contributed by atoms with Gasteiger partial charge in [-0.05, 0) is 24.8 Å². The van der Waals surface area contributed by atoms with Gasteiger partial charge in [0.1, 0.15) is 0 Å². The van der Waals surface area contributed by atoms with E-state index in [1.54, 1.807) is 0 Å². The first kappa shape index (κ1) is 7.35. The highest BCUT2D eigenvalue weighted by Crippen LogP contribution is 2.20. The quantitative estimate of drug-likeness (QED) is 0.455. The maximum atomic E-state index is 5.31. The maximum absolute atomic E-state index is 5.31. The summed E-state index contributed by atoms with van der Waals surface area (Å²) in [5.41, 5.74) is 3.68. The van der Waals surface area contributed by atoms with Gasteiger partial charge in [0.15, 0.2) is 0 Å². The van der Waals surface area contributed by atoms with Crippen LogP contribution in [-0.4, -0.2) is 5.71 Å². The molecule has 2 nitrogen and oxygen atoms in total. The lowest BCUT2D eigenvalue weighted by Gasteiger charge is -2.16. The van der Waals surface area contributed by atoms with E-state index in [0.717, 1.165) is 18.6 Å². The molecule has 0 heterocycles. The largest absolute Gasteiger partial charge is 0.323 e. The fourth-order valence-electron chi connectivity index (χ4n) is 1.73. The molecule has 62 valence electrons. The zero-order valence-electron chi connectivity index (χ0n) is 6.96. The lowest BCUT2D eigenvalue weighted by Crippen LogP contribution is -2.13. The summed E-state index contributed by atoms with van der Waals surface area (Å²) in [5, 5.41) is 3.81. The summed E-state index contributed by atoms with van der Waals surface area (Å²) in [7, 11) is 0. The summed E-state index contributed by atoms with van der Waals surface area (Å²) >= 11 is 0. The Balaban J connectivity index is 2.51. The summed E-state index contributed by atoms with van der Waals surface area (Å²) < 4.78 is 0. The summed E-state index contributed by atoms with van der Waals surface area (Å²) in [6.07, 6.45) is 3.36. The average molecular weight is 160 g/mol. The third kappa shape index (κ3) is 1.09. The van der Waals surface area contributed by atoms with Crippen LogP contribution >= 0.6 is 0 Å². The number of benzene rings is 1. The van der Waals surface area contributed by atoms with Crippen LogP contribution in [0.2, 0.25) is 0 Å². The van der Waals surface area contributed by atoms with Crippen LogP contribution in [0.3, 0.4) is 0 Å². The molecule has 2 N–H and O–H groups in total. The number of hydrogen-bond acceptors (Lipinski definition) is 2. The molecular formula is C10H12N2. The topological polar surface area (TPSA) is 38.4 Å². The molecule has 2 rings (SSSR count). The zero-order chi connectivity index (χ0) is 8.39. The second-order valence-electron chi connectivity index (χ2n) is 3.09. The van der Waals surface area contributed by atoms with Crippen LogP contribution in [0.1, 0.15) is 24.0 Å². The van der Waals surface area contributed by atoms with E-state index in [4.69, 9.17) is 5.84 Å². The average Bonchev–Trinajstić information content (AvgIpc) is 2.17. The number of hydrogen-bond donors (Lipinski definition) is 1. The van der Waals surface area contributed by atoms with E-state index in [9.17, 15) is 0 Å². The Bertz CT molecular complexity index is 315. The normalized spacial score (nSPS) is 19.2. The molecule has 1 aromatic rings. The lowest BCUT2D eigenvalue weighted by atomic mass is 9.90. The summed E-state index contributed by atoms with van der Waals surface area (Å²) in [6, 6.07) is 8.35. The van der Waals surface area contributed by atoms with Crippen molar-refractivity contribution in [3.63, 3.8) is 0 Å². The minimum Gasteiger partial charge on any atom is -0.323 e. The Labute approximate surface area is 72.1 Å². The first-order chi connectivity index (χ1) is 5.92. The number of nitrogens with zero attached hydrogens (tertiary/aromatic N) is 1. The minimum absolute atomic E-state index is 1.02. The standard InChI is InChI=1S/C10H12N2/c11-12-10-7-3-5-8-4-1-2-6-9(8)10/h1-2,4,6H,3,5,7,11H2/b12-10-.